The van der Waals surface area contributed by atoms with Gasteiger partial charge in [-0.25, -0.2) is 0 Å². The minimum absolute atomic E-state index is 0.764. The van der Waals surface area contributed by atoms with Crippen molar-refractivity contribution < 1.29 is 0 Å². The Bertz CT molecular complexity index is 90.4. The second-order valence-corrected chi connectivity index (χ2v) is 2.32. The van der Waals surface area contributed by atoms with Crippen LogP contribution in [0.5, 0.6) is 0 Å². The van der Waals surface area contributed by atoms with Gasteiger partial charge in [0.25, 0.3) is 0 Å². The second-order valence-electron chi connectivity index (χ2n) is 1.22. The van der Waals surface area contributed by atoms with Gasteiger partial charge in [-0.15, -0.1) is 11.8 Å². The van der Waals surface area contributed by atoms with Gasteiger partial charge < -0.3 is 0 Å². The minimum atomic E-state index is 0.764. The zero-order valence-electron chi connectivity index (χ0n) is 3.77. The van der Waals surface area contributed by atoms with Gasteiger partial charge in [0.1, 0.15) is 6.07 Å². The Labute approximate surface area is 46.9 Å². The van der Waals surface area contributed by atoms with Crippen LogP contribution in [0.2, 0.25) is 0 Å². The molecule has 0 atom stereocenters. The lowest BCUT2D eigenvalue weighted by Crippen LogP contribution is -2.09. The smallest absolute Gasteiger partial charge is 0.194 e. The van der Waals surface area contributed by atoms with E-state index in [0.29, 0.717) is 0 Å². The molecule has 1 heterocycles. The fourth-order valence-electron chi connectivity index (χ4n) is 0.440. The van der Waals surface area contributed by atoms with Crippen LogP contribution in [0.15, 0.2) is 0 Å². The molecule has 0 spiro atoms. The SMILES string of the molecule is N#C[C]1NCCS1. The van der Waals surface area contributed by atoms with Gasteiger partial charge in [-0.2, -0.15) is 5.26 Å². The summed E-state index contributed by atoms with van der Waals surface area (Å²) >= 11 is 1.59. The van der Waals surface area contributed by atoms with Crippen molar-refractivity contribution in [2.75, 3.05) is 12.3 Å². The van der Waals surface area contributed by atoms with Gasteiger partial charge in [-0.3, -0.25) is 5.32 Å². The molecule has 0 aromatic carbocycles. The van der Waals surface area contributed by atoms with Crippen molar-refractivity contribution in [1.82, 2.24) is 5.32 Å². The third-order valence-corrected chi connectivity index (χ3v) is 1.67. The monoisotopic (exact) mass is 113 g/mol. The van der Waals surface area contributed by atoms with Crippen molar-refractivity contribution in [2.24, 2.45) is 0 Å². The van der Waals surface area contributed by atoms with Crippen LogP contribution in [0.3, 0.4) is 0 Å². The number of nitrogens with zero attached hydrogens (tertiary/aromatic N) is 1. The van der Waals surface area contributed by atoms with Gasteiger partial charge in [0, 0.05) is 12.3 Å². The maximum absolute atomic E-state index is 8.20. The Morgan fingerprint density at radius 2 is 2.71 bits per heavy atom. The van der Waals surface area contributed by atoms with Crippen LogP contribution >= 0.6 is 11.8 Å². The molecule has 1 aliphatic heterocycles. The topological polar surface area (TPSA) is 35.8 Å². The summed E-state index contributed by atoms with van der Waals surface area (Å²) in [6.45, 7) is 0.952. The third-order valence-electron chi connectivity index (χ3n) is 0.736. The molecule has 1 saturated heterocycles. The summed E-state index contributed by atoms with van der Waals surface area (Å²) in [7, 11) is 0. The molecule has 0 aromatic heterocycles. The van der Waals surface area contributed by atoms with Gasteiger partial charge in [0.15, 0.2) is 5.37 Å². The largest absolute Gasteiger partial charge is 0.287 e. The molecule has 0 amide bonds. The van der Waals surface area contributed by atoms with Gasteiger partial charge in [-0.1, -0.05) is 0 Å². The maximum Gasteiger partial charge on any atom is 0.194 e. The molecule has 0 aromatic rings. The lowest BCUT2D eigenvalue weighted by Gasteiger charge is -1.88. The summed E-state index contributed by atoms with van der Waals surface area (Å²) in [5.41, 5.74) is 0. The third kappa shape index (κ3) is 1.08. The van der Waals surface area contributed by atoms with Crippen LogP contribution in [0, 0.1) is 16.7 Å². The van der Waals surface area contributed by atoms with E-state index in [-0.39, 0.29) is 0 Å². The first kappa shape index (κ1) is 4.95. The van der Waals surface area contributed by atoms with E-state index >= 15 is 0 Å². The molecule has 1 aliphatic rings. The predicted octanol–water partition coefficient (Wildman–Crippen LogP) is 0.336. The highest BCUT2D eigenvalue weighted by molar-refractivity contribution is 8.02. The molecular formula is C4H5N2S. The summed E-state index contributed by atoms with van der Waals surface area (Å²) in [6.07, 6.45) is 0. The molecule has 0 saturated carbocycles. The van der Waals surface area contributed by atoms with E-state index in [9.17, 15) is 0 Å². The first-order valence-corrected chi connectivity index (χ1v) is 3.06. The average molecular weight is 113 g/mol. The van der Waals surface area contributed by atoms with Crippen LogP contribution in [-0.2, 0) is 0 Å². The van der Waals surface area contributed by atoms with Crippen molar-refractivity contribution in [2.45, 2.75) is 0 Å². The summed E-state index contributed by atoms with van der Waals surface area (Å²) in [4.78, 5) is 0. The molecular weight excluding hydrogens is 108 g/mol. The Hall–Kier alpha value is -0.200. The first-order chi connectivity index (χ1) is 3.43. The normalized spacial score (nSPS) is 22.1. The molecule has 2 nitrogen and oxygen atoms in total. The molecule has 37 valence electrons. The standard InChI is InChI=1S/C4H5N2S/c5-3-4-6-1-2-7-4/h6H,1-2H2. The molecule has 0 aliphatic carbocycles. The number of nitrogens with one attached hydrogen (secondary N) is 1. The fourth-order valence-corrected chi connectivity index (χ4v) is 1.12. The lowest BCUT2D eigenvalue weighted by molar-refractivity contribution is 0.900. The molecule has 0 bridgehead atoms. The number of nitriles is 1. The van der Waals surface area contributed by atoms with Crippen LogP contribution in [0.25, 0.3) is 0 Å². The van der Waals surface area contributed by atoms with E-state index in [4.69, 9.17) is 5.26 Å². The maximum atomic E-state index is 8.20. The summed E-state index contributed by atoms with van der Waals surface area (Å²) in [5.74, 6) is 1.04. The van der Waals surface area contributed by atoms with E-state index < -0.39 is 0 Å². The van der Waals surface area contributed by atoms with E-state index in [1.807, 2.05) is 6.07 Å². The van der Waals surface area contributed by atoms with E-state index in [1.165, 1.54) is 0 Å². The van der Waals surface area contributed by atoms with Gasteiger partial charge in [-0.05, 0) is 0 Å². The van der Waals surface area contributed by atoms with Gasteiger partial charge >= 0.3 is 0 Å². The number of rotatable bonds is 0. The molecule has 7 heavy (non-hydrogen) atoms. The van der Waals surface area contributed by atoms with Crippen LogP contribution in [-0.4, -0.2) is 12.3 Å². The molecule has 1 fully saturated rings. The molecule has 1 N–H and O–H groups in total. The summed E-state index contributed by atoms with van der Waals surface area (Å²) in [5, 5.41) is 11.9. The van der Waals surface area contributed by atoms with Crippen LogP contribution in [0.4, 0.5) is 0 Å². The Balaban J connectivity index is 2.31. The highest BCUT2D eigenvalue weighted by atomic mass is 32.2. The number of hydrogen-bond donors (Lipinski definition) is 1. The molecule has 0 unspecified atom stereocenters. The average Bonchev–Trinajstić information content (AvgIpc) is 2.14. The molecule has 3 heteroatoms. The van der Waals surface area contributed by atoms with Crippen molar-refractivity contribution >= 4 is 11.8 Å². The van der Waals surface area contributed by atoms with Crippen molar-refractivity contribution in [3.05, 3.63) is 5.37 Å². The summed E-state index contributed by atoms with van der Waals surface area (Å²) in [6, 6.07) is 2.03. The Kier molecular flexibility index (Phi) is 1.55. The number of thioether (sulfide) groups is 1. The first-order valence-electron chi connectivity index (χ1n) is 2.07. The quantitative estimate of drug-likeness (QED) is 0.492. The van der Waals surface area contributed by atoms with Crippen molar-refractivity contribution in [3.63, 3.8) is 0 Å². The predicted molar refractivity (Wildman–Crippen MR) is 29.3 cm³/mol. The van der Waals surface area contributed by atoms with Gasteiger partial charge in [0.05, 0.1) is 0 Å². The zero-order chi connectivity index (χ0) is 5.11. The van der Waals surface area contributed by atoms with E-state index in [0.717, 1.165) is 17.7 Å². The highest BCUT2D eigenvalue weighted by Gasteiger charge is 2.13. The van der Waals surface area contributed by atoms with Crippen LogP contribution < -0.4 is 5.32 Å². The Morgan fingerprint density at radius 1 is 1.86 bits per heavy atom. The summed E-state index contributed by atoms with van der Waals surface area (Å²) < 4.78 is 0. The minimum Gasteiger partial charge on any atom is -0.287 e. The van der Waals surface area contributed by atoms with E-state index in [1.54, 1.807) is 11.8 Å². The van der Waals surface area contributed by atoms with Crippen LogP contribution in [0.1, 0.15) is 0 Å². The number of hydrogen-bond acceptors (Lipinski definition) is 3. The zero-order valence-corrected chi connectivity index (χ0v) is 4.59. The van der Waals surface area contributed by atoms with Gasteiger partial charge in [0.2, 0.25) is 0 Å². The molecule has 1 radical (unpaired) electrons. The Morgan fingerprint density at radius 3 is 3.00 bits per heavy atom. The van der Waals surface area contributed by atoms with Crippen molar-refractivity contribution in [1.29, 1.82) is 5.26 Å². The second kappa shape index (κ2) is 2.20. The van der Waals surface area contributed by atoms with E-state index in [2.05, 4.69) is 5.32 Å². The molecule has 1 rings (SSSR count). The fraction of sp³-hybridized carbons (Fsp3) is 0.500. The highest BCUT2D eigenvalue weighted by Crippen LogP contribution is 2.18. The lowest BCUT2D eigenvalue weighted by atomic mass is 10.6. The van der Waals surface area contributed by atoms with Crippen molar-refractivity contribution in [3.8, 4) is 6.07 Å².